The molecule has 0 heterocycles. The fourth-order valence-electron chi connectivity index (χ4n) is 0.734. The third kappa shape index (κ3) is 14.3. The summed E-state index contributed by atoms with van der Waals surface area (Å²) < 4.78 is 9.45. The highest BCUT2D eigenvalue weighted by atomic mass is 16.6. The Kier molecular flexibility index (Phi) is 15.8. The van der Waals surface area contributed by atoms with Gasteiger partial charge in [-0.25, -0.2) is 9.59 Å². The lowest BCUT2D eigenvalue weighted by Gasteiger charge is -2.03. The molecule has 0 spiro atoms. The number of hydrogen-bond donors (Lipinski definition) is 2. The van der Waals surface area contributed by atoms with Gasteiger partial charge in [-0.2, -0.15) is 0 Å². The molecule has 0 fully saturated rings. The molecule has 0 atom stereocenters. The van der Waals surface area contributed by atoms with Gasteiger partial charge in [0.15, 0.2) is 0 Å². The summed E-state index contributed by atoms with van der Waals surface area (Å²) in [4.78, 5) is 21.5. The van der Waals surface area contributed by atoms with Crippen LogP contribution in [-0.4, -0.2) is 39.0 Å². The first-order valence-electron chi connectivity index (χ1n) is 6.10. The van der Waals surface area contributed by atoms with Crippen molar-refractivity contribution in [1.82, 2.24) is 10.6 Å². The monoisotopic (exact) mass is 260 g/mol. The standard InChI is InChI=1S/C10H18N2O4.C2H6/c1-3-6-12-10(14)16-8-5-4-7-15-9(13)11-2;1-2/h4-5H,3,6-8H2,1-2H3,(H,11,13)(H,12,14);1-2H3/b5-4+;. The minimum atomic E-state index is -0.494. The van der Waals surface area contributed by atoms with E-state index in [2.05, 4.69) is 15.4 Å². The van der Waals surface area contributed by atoms with Crippen LogP contribution in [0.2, 0.25) is 0 Å². The van der Waals surface area contributed by atoms with Crippen LogP contribution in [-0.2, 0) is 9.47 Å². The van der Waals surface area contributed by atoms with E-state index in [4.69, 9.17) is 4.74 Å². The number of amides is 2. The Morgan fingerprint density at radius 1 is 1.06 bits per heavy atom. The highest BCUT2D eigenvalue weighted by Gasteiger charge is 1.97. The summed E-state index contributed by atoms with van der Waals surface area (Å²) in [6, 6.07) is 0. The van der Waals surface area contributed by atoms with Gasteiger partial charge in [0.1, 0.15) is 13.2 Å². The smallest absolute Gasteiger partial charge is 0.407 e. The first-order chi connectivity index (χ1) is 8.70. The van der Waals surface area contributed by atoms with Crippen LogP contribution < -0.4 is 10.6 Å². The average Bonchev–Trinajstić information content (AvgIpc) is 2.42. The van der Waals surface area contributed by atoms with Crippen LogP contribution in [0.4, 0.5) is 9.59 Å². The van der Waals surface area contributed by atoms with E-state index in [-0.39, 0.29) is 13.2 Å². The first-order valence-corrected chi connectivity index (χ1v) is 6.10. The molecule has 0 aliphatic rings. The molecule has 0 rings (SSSR count). The molecule has 2 N–H and O–H groups in total. The molecule has 2 amide bonds. The minimum Gasteiger partial charge on any atom is -0.445 e. The second kappa shape index (κ2) is 15.3. The molecular formula is C12H24N2O4. The summed E-state index contributed by atoms with van der Waals surface area (Å²) in [7, 11) is 1.48. The molecule has 106 valence electrons. The number of nitrogens with one attached hydrogen (secondary N) is 2. The van der Waals surface area contributed by atoms with E-state index in [1.165, 1.54) is 7.05 Å². The van der Waals surface area contributed by atoms with Crippen molar-refractivity contribution in [2.75, 3.05) is 26.8 Å². The summed E-state index contributed by atoms with van der Waals surface area (Å²) in [5.41, 5.74) is 0. The third-order valence-electron chi connectivity index (χ3n) is 1.51. The van der Waals surface area contributed by atoms with Crippen LogP contribution in [0, 0.1) is 0 Å². The largest absolute Gasteiger partial charge is 0.445 e. The van der Waals surface area contributed by atoms with E-state index >= 15 is 0 Å². The Balaban J connectivity index is 0. The van der Waals surface area contributed by atoms with Crippen LogP contribution in [0.25, 0.3) is 0 Å². The van der Waals surface area contributed by atoms with Crippen LogP contribution in [0.5, 0.6) is 0 Å². The van der Waals surface area contributed by atoms with Gasteiger partial charge in [-0.15, -0.1) is 0 Å². The lowest BCUT2D eigenvalue weighted by Crippen LogP contribution is -2.24. The molecule has 6 heteroatoms. The van der Waals surface area contributed by atoms with Crippen LogP contribution in [0.3, 0.4) is 0 Å². The van der Waals surface area contributed by atoms with Crippen molar-refractivity contribution in [3.05, 3.63) is 12.2 Å². The maximum atomic E-state index is 10.9. The molecule has 0 bridgehead atoms. The van der Waals surface area contributed by atoms with E-state index < -0.39 is 12.2 Å². The number of carbonyl (C=O) groups excluding carboxylic acids is 2. The van der Waals surface area contributed by atoms with E-state index in [0.29, 0.717) is 6.54 Å². The van der Waals surface area contributed by atoms with Crippen molar-refractivity contribution in [1.29, 1.82) is 0 Å². The van der Waals surface area contributed by atoms with Crippen LogP contribution in [0.15, 0.2) is 12.2 Å². The fraction of sp³-hybridized carbons (Fsp3) is 0.667. The van der Waals surface area contributed by atoms with E-state index in [1.807, 2.05) is 20.8 Å². The van der Waals surface area contributed by atoms with Gasteiger partial charge < -0.3 is 20.1 Å². The van der Waals surface area contributed by atoms with Crippen molar-refractivity contribution < 1.29 is 19.1 Å². The highest BCUT2D eigenvalue weighted by Crippen LogP contribution is 1.83. The molecule has 0 saturated heterocycles. The van der Waals surface area contributed by atoms with Gasteiger partial charge in [0.2, 0.25) is 0 Å². The zero-order valence-corrected chi connectivity index (χ0v) is 11.6. The molecule has 0 aromatic heterocycles. The summed E-state index contributed by atoms with van der Waals surface area (Å²) in [6.45, 7) is 6.87. The predicted octanol–water partition coefficient (Wildman–Crippen LogP) is 2.06. The maximum absolute atomic E-state index is 10.9. The lowest BCUT2D eigenvalue weighted by molar-refractivity contribution is 0.155. The molecule has 0 saturated carbocycles. The summed E-state index contributed by atoms with van der Waals surface area (Å²) in [5.74, 6) is 0. The van der Waals surface area contributed by atoms with Gasteiger partial charge in [-0.1, -0.05) is 20.8 Å². The maximum Gasteiger partial charge on any atom is 0.407 e. The molecule has 18 heavy (non-hydrogen) atoms. The van der Waals surface area contributed by atoms with Gasteiger partial charge >= 0.3 is 12.2 Å². The molecule has 0 aliphatic carbocycles. The van der Waals surface area contributed by atoms with Gasteiger partial charge in [-0.3, -0.25) is 0 Å². The number of rotatable bonds is 6. The third-order valence-corrected chi connectivity index (χ3v) is 1.51. The van der Waals surface area contributed by atoms with Crippen molar-refractivity contribution >= 4 is 12.2 Å². The number of alkyl carbamates (subject to hydrolysis) is 2. The number of ether oxygens (including phenoxy) is 2. The summed E-state index contributed by atoms with van der Waals surface area (Å²) >= 11 is 0. The average molecular weight is 260 g/mol. The first kappa shape index (κ1) is 18.6. The Bertz CT molecular complexity index is 242. The van der Waals surface area contributed by atoms with Crippen LogP contribution >= 0.6 is 0 Å². The zero-order valence-electron chi connectivity index (χ0n) is 11.6. The van der Waals surface area contributed by atoms with Gasteiger partial charge in [0.05, 0.1) is 0 Å². The number of carbonyl (C=O) groups is 2. The Labute approximate surface area is 109 Å². The molecule has 0 aromatic rings. The lowest BCUT2D eigenvalue weighted by atomic mass is 10.5. The quantitative estimate of drug-likeness (QED) is 0.717. The van der Waals surface area contributed by atoms with Crippen molar-refractivity contribution in [3.8, 4) is 0 Å². The summed E-state index contributed by atoms with van der Waals surface area (Å²) in [6.07, 6.45) is 3.13. The molecule has 0 aliphatic heterocycles. The van der Waals surface area contributed by atoms with Gasteiger partial charge in [-0.05, 0) is 18.6 Å². The Hall–Kier alpha value is -1.72. The van der Waals surface area contributed by atoms with Crippen molar-refractivity contribution in [2.45, 2.75) is 27.2 Å². The molecule has 6 nitrogen and oxygen atoms in total. The molecular weight excluding hydrogens is 236 g/mol. The van der Waals surface area contributed by atoms with Crippen molar-refractivity contribution in [2.24, 2.45) is 0 Å². The second-order valence-corrected chi connectivity index (χ2v) is 2.85. The Morgan fingerprint density at radius 3 is 2.00 bits per heavy atom. The molecule has 0 radical (unpaired) electrons. The minimum absolute atomic E-state index is 0.152. The highest BCUT2D eigenvalue weighted by molar-refractivity contribution is 5.67. The van der Waals surface area contributed by atoms with Gasteiger partial charge in [0, 0.05) is 13.6 Å². The molecule has 0 aromatic carbocycles. The van der Waals surface area contributed by atoms with E-state index in [0.717, 1.165) is 6.42 Å². The summed E-state index contributed by atoms with van der Waals surface area (Å²) in [5, 5.41) is 4.87. The molecule has 0 unspecified atom stereocenters. The Morgan fingerprint density at radius 2 is 1.56 bits per heavy atom. The normalized spacial score (nSPS) is 9.11. The predicted molar refractivity (Wildman–Crippen MR) is 70.5 cm³/mol. The van der Waals surface area contributed by atoms with Crippen LogP contribution in [0.1, 0.15) is 27.2 Å². The van der Waals surface area contributed by atoms with E-state index in [9.17, 15) is 9.59 Å². The SMILES string of the molecule is CC.CCCNC(=O)OC/C=C/COC(=O)NC. The second-order valence-electron chi connectivity index (χ2n) is 2.85. The number of hydrogen-bond acceptors (Lipinski definition) is 4. The van der Waals surface area contributed by atoms with Gasteiger partial charge in [0.25, 0.3) is 0 Å². The van der Waals surface area contributed by atoms with Crippen molar-refractivity contribution in [3.63, 3.8) is 0 Å². The fourth-order valence-corrected chi connectivity index (χ4v) is 0.734. The van der Waals surface area contributed by atoms with E-state index in [1.54, 1.807) is 12.2 Å². The topological polar surface area (TPSA) is 76.7 Å². The zero-order chi connectivity index (χ0) is 14.2.